The maximum absolute atomic E-state index is 10.1. The summed E-state index contributed by atoms with van der Waals surface area (Å²) in [6.45, 7) is 5.55. The van der Waals surface area contributed by atoms with E-state index in [9.17, 15) is 4.79 Å². The normalized spacial score (nSPS) is 10.7. The molecule has 0 saturated carbocycles. The van der Waals surface area contributed by atoms with Crippen LogP contribution < -0.4 is 5.32 Å². The van der Waals surface area contributed by atoms with Crippen LogP contribution in [-0.2, 0) is 9.53 Å². The minimum absolute atomic E-state index is 0.0467. The van der Waals surface area contributed by atoms with E-state index in [1.807, 2.05) is 13.8 Å². The molecule has 4 heteroatoms. The van der Waals surface area contributed by atoms with E-state index in [4.69, 9.17) is 9.84 Å². The molecule has 0 aliphatic carbocycles. The van der Waals surface area contributed by atoms with E-state index in [2.05, 4.69) is 5.32 Å². The summed E-state index contributed by atoms with van der Waals surface area (Å²) in [5.41, 5.74) is 0. The molecule has 0 radical (unpaired) electrons. The first kappa shape index (κ1) is 12.4. The minimum atomic E-state index is -0.807. The molecule has 0 aromatic heterocycles. The molecule has 0 amide bonds. The lowest BCUT2D eigenvalue weighted by atomic mass is 10.3. The van der Waals surface area contributed by atoms with E-state index in [0.717, 1.165) is 26.0 Å². The van der Waals surface area contributed by atoms with Gasteiger partial charge in [0.25, 0.3) is 0 Å². The Morgan fingerprint density at radius 2 is 2.15 bits per heavy atom. The predicted molar refractivity (Wildman–Crippen MR) is 50.8 cm³/mol. The number of aliphatic carboxylic acids is 1. The molecular weight excluding hydrogens is 170 g/mol. The highest BCUT2D eigenvalue weighted by atomic mass is 16.5. The van der Waals surface area contributed by atoms with E-state index in [1.165, 1.54) is 0 Å². The van der Waals surface area contributed by atoms with Crippen molar-refractivity contribution >= 4 is 5.97 Å². The Kier molecular flexibility index (Phi) is 7.63. The number of hydrogen-bond donors (Lipinski definition) is 2. The van der Waals surface area contributed by atoms with Crippen molar-refractivity contribution in [2.75, 3.05) is 19.7 Å². The van der Waals surface area contributed by atoms with Crippen LogP contribution in [0.2, 0.25) is 0 Å². The molecule has 13 heavy (non-hydrogen) atoms. The number of ether oxygens (including phenoxy) is 1. The van der Waals surface area contributed by atoms with Crippen molar-refractivity contribution in [1.29, 1.82) is 0 Å². The van der Waals surface area contributed by atoms with Crippen LogP contribution in [0.15, 0.2) is 0 Å². The van der Waals surface area contributed by atoms with Crippen molar-refractivity contribution in [3.05, 3.63) is 0 Å². The number of nitrogens with one attached hydrogen (secondary N) is 1. The number of carboxylic acid groups (broad SMARTS) is 1. The predicted octanol–water partition coefficient (Wildman–Crippen LogP) is 0.866. The number of carboxylic acids is 1. The van der Waals surface area contributed by atoms with Gasteiger partial charge in [-0.25, -0.2) is 0 Å². The smallest absolute Gasteiger partial charge is 0.317 e. The van der Waals surface area contributed by atoms with Gasteiger partial charge in [-0.05, 0) is 33.2 Å². The SMILES string of the molecule is CC(C)OCCCCNCC(=O)O. The van der Waals surface area contributed by atoms with Crippen LogP contribution in [0.1, 0.15) is 26.7 Å². The minimum Gasteiger partial charge on any atom is -0.480 e. The van der Waals surface area contributed by atoms with Gasteiger partial charge in [-0.2, -0.15) is 0 Å². The summed E-state index contributed by atoms with van der Waals surface area (Å²) in [5.74, 6) is -0.807. The molecule has 4 nitrogen and oxygen atoms in total. The Bertz CT molecular complexity index is 137. The van der Waals surface area contributed by atoms with Crippen LogP contribution >= 0.6 is 0 Å². The lowest BCUT2D eigenvalue weighted by Gasteiger charge is -2.06. The zero-order valence-electron chi connectivity index (χ0n) is 8.38. The summed E-state index contributed by atoms with van der Waals surface area (Å²) < 4.78 is 5.33. The average Bonchev–Trinajstić information content (AvgIpc) is 2.01. The maximum Gasteiger partial charge on any atom is 0.317 e. The molecule has 0 atom stereocenters. The Hall–Kier alpha value is -0.610. The molecule has 0 heterocycles. The summed E-state index contributed by atoms with van der Waals surface area (Å²) >= 11 is 0. The van der Waals surface area contributed by atoms with Gasteiger partial charge >= 0.3 is 5.97 Å². The quantitative estimate of drug-likeness (QED) is 0.556. The fraction of sp³-hybridized carbons (Fsp3) is 0.889. The van der Waals surface area contributed by atoms with Gasteiger partial charge in [0.2, 0.25) is 0 Å². The van der Waals surface area contributed by atoms with Gasteiger partial charge in [-0.15, -0.1) is 0 Å². The Balaban J connectivity index is 2.96. The molecule has 78 valence electrons. The molecule has 0 unspecified atom stereocenters. The summed E-state index contributed by atoms with van der Waals surface area (Å²) in [4.78, 5) is 10.1. The van der Waals surface area contributed by atoms with Crippen LogP contribution in [-0.4, -0.2) is 36.9 Å². The van der Waals surface area contributed by atoms with Gasteiger partial charge in [-0.3, -0.25) is 4.79 Å². The van der Waals surface area contributed by atoms with Crippen LogP contribution in [0.4, 0.5) is 0 Å². The van der Waals surface area contributed by atoms with Gasteiger partial charge in [0.1, 0.15) is 0 Å². The van der Waals surface area contributed by atoms with Crippen LogP contribution in [0.5, 0.6) is 0 Å². The fourth-order valence-electron chi connectivity index (χ4n) is 0.866. The second-order valence-corrected chi connectivity index (χ2v) is 3.20. The zero-order valence-corrected chi connectivity index (χ0v) is 8.38. The second-order valence-electron chi connectivity index (χ2n) is 3.20. The van der Waals surface area contributed by atoms with Crippen molar-refractivity contribution in [3.8, 4) is 0 Å². The van der Waals surface area contributed by atoms with Gasteiger partial charge < -0.3 is 15.2 Å². The van der Waals surface area contributed by atoms with Crippen molar-refractivity contribution in [3.63, 3.8) is 0 Å². The topological polar surface area (TPSA) is 58.6 Å². The van der Waals surface area contributed by atoms with E-state index in [-0.39, 0.29) is 12.6 Å². The van der Waals surface area contributed by atoms with Crippen molar-refractivity contribution in [2.45, 2.75) is 32.8 Å². The number of hydrogen-bond acceptors (Lipinski definition) is 3. The Labute approximate surface area is 79.3 Å². The summed E-state index contributed by atoms with van der Waals surface area (Å²) in [6.07, 6.45) is 2.22. The van der Waals surface area contributed by atoms with E-state index >= 15 is 0 Å². The molecule has 0 rings (SSSR count). The van der Waals surface area contributed by atoms with E-state index in [1.54, 1.807) is 0 Å². The van der Waals surface area contributed by atoms with Crippen LogP contribution in [0.25, 0.3) is 0 Å². The first-order valence-corrected chi connectivity index (χ1v) is 4.67. The fourth-order valence-corrected chi connectivity index (χ4v) is 0.866. The van der Waals surface area contributed by atoms with Crippen molar-refractivity contribution in [1.82, 2.24) is 5.32 Å². The van der Waals surface area contributed by atoms with Crippen molar-refractivity contribution in [2.24, 2.45) is 0 Å². The molecule has 0 aliphatic heterocycles. The summed E-state index contributed by atoms with van der Waals surface area (Å²) in [6, 6.07) is 0. The molecule has 0 saturated heterocycles. The molecular formula is C9H19NO3. The third kappa shape index (κ3) is 11.4. The molecule has 2 N–H and O–H groups in total. The third-order valence-electron chi connectivity index (χ3n) is 1.48. The summed E-state index contributed by atoms with van der Waals surface area (Å²) in [7, 11) is 0. The second kappa shape index (κ2) is 8.01. The van der Waals surface area contributed by atoms with Crippen molar-refractivity contribution < 1.29 is 14.6 Å². The molecule has 0 aliphatic rings. The largest absolute Gasteiger partial charge is 0.480 e. The highest BCUT2D eigenvalue weighted by Crippen LogP contribution is 1.92. The molecule has 0 fully saturated rings. The standard InChI is InChI=1S/C9H19NO3/c1-8(2)13-6-4-3-5-10-7-9(11)12/h8,10H,3-7H2,1-2H3,(H,11,12). The van der Waals surface area contributed by atoms with E-state index < -0.39 is 5.97 Å². The number of carbonyl (C=O) groups is 1. The number of unbranched alkanes of at least 4 members (excludes halogenated alkanes) is 1. The Morgan fingerprint density at radius 1 is 1.46 bits per heavy atom. The zero-order chi connectivity index (χ0) is 10.1. The van der Waals surface area contributed by atoms with E-state index in [0.29, 0.717) is 0 Å². The third-order valence-corrected chi connectivity index (χ3v) is 1.48. The van der Waals surface area contributed by atoms with Crippen LogP contribution in [0.3, 0.4) is 0 Å². The van der Waals surface area contributed by atoms with Gasteiger partial charge in [0.05, 0.1) is 12.6 Å². The molecule has 0 bridgehead atoms. The first-order chi connectivity index (χ1) is 6.13. The highest BCUT2D eigenvalue weighted by molar-refractivity contribution is 5.68. The Morgan fingerprint density at radius 3 is 2.69 bits per heavy atom. The van der Waals surface area contributed by atoms with Crippen LogP contribution in [0, 0.1) is 0 Å². The molecule has 0 aromatic rings. The average molecular weight is 189 g/mol. The molecule has 0 aromatic carbocycles. The first-order valence-electron chi connectivity index (χ1n) is 4.67. The lowest BCUT2D eigenvalue weighted by Crippen LogP contribution is -2.23. The van der Waals surface area contributed by atoms with Gasteiger partial charge in [0, 0.05) is 6.61 Å². The lowest BCUT2D eigenvalue weighted by molar-refractivity contribution is -0.135. The van der Waals surface area contributed by atoms with Gasteiger partial charge in [0.15, 0.2) is 0 Å². The summed E-state index contributed by atoms with van der Waals surface area (Å²) in [5, 5.41) is 11.1. The van der Waals surface area contributed by atoms with Gasteiger partial charge in [-0.1, -0.05) is 0 Å². The monoisotopic (exact) mass is 189 g/mol. The maximum atomic E-state index is 10.1. The highest BCUT2D eigenvalue weighted by Gasteiger charge is 1.95. The number of rotatable bonds is 8. The molecule has 0 spiro atoms.